The van der Waals surface area contributed by atoms with E-state index in [9.17, 15) is 5.11 Å². The Kier molecular flexibility index (Phi) is 1.51. The average Bonchev–Trinajstić information content (AvgIpc) is 2.76. The monoisotopic (exact) mass is 188 g/mol. The summed E-state index contributed by atoms with van der Waals surface area (Å²) >= 11 is 0. The molecular weight excluding hydrogens is 172 g/mol. The minimum absolute atomic E-state index is 0.453. The van der Waals surface area contributed by atoms with Gasteiger partial charge in [0, 0.05) is 0 Å². The summed E-state index contributed by atoms with van der Waals surface area (Å²) in [6.07, 6.45) is 2.59. The predicted molar refractivity (Wildman–Crippen MR) is 56.7 cm³/mol. The van der Waals surface area contributed by atoms with E-state index in [1.165, 1.54) is 24.0 Å². The van der Waals surface area contributed by atoms with Gasteiger partial charge < -0.3 is 5.11 Å². The van der Waals surface area contributed by atoms with Crippen molar-refractivity contribution in [1.29, 1.82) is 0 Å². The molecule has 0 saturated heterocycles. The third-order valence-corrected chi connectivity index (χ3v) is 3.68. The Labute approximate surface area is 84.8 Å². The Morgan fingerprint density at radius 1 is 1.36 bits per heavy atom. The van der Waals surface area contributed by atoms with Crippen LogP contribution < -0.4 is 0 Å². The molecule has 2 aliphatic carbocycles. The van der Waals surface area contributed by atoms with E-state index in [1.807, 2.05) is 12.1 Å². The number of hydrogen-bond acceptors (Lipinski definition) is 1. The molecule has 3 rings (SSSR count). The van der Waals surface area contributed by atoms with Crippen molar-refractivity contribution in [2.75, 3.05) is 0 Å². The lowest BCUT2D eigenvalue weighted by Gasteiger charge is -2.14. The van der Waals surface area contributed by atoms with E-state index < -0.39 is 0 Å². The number of phenolic OH excluding ortho intramolecular Hbond substituents is 1. The topological polar surface area (TPSA) is 20.2 Å². The predicted octanol–water partition coefficient (Wildman–Crippen LogP) is 3.18. The molecule has 1 fully saturated rings. The summed E-state index contributed by atoms with van der Waals surface area (Å²) in [5.74, 6) is 2.73. The lowest BCUT2D eigenvalue weighted by molar-refractivity contribution is 0.473. The van der Waals surface area contributed by atoms with Crippen molar-refractivity contribution in [3.8, 4) is 5.75 Å². The molecule has 1 saturated carbocycles. The molecule has 14 heavy (non-hydrogen) atoms. The number of benzene rings is 1. The maximum atomic E-state index is 9.63. The molecule has 1 heteroatoms. The summed E-state index contributed by atoms with van der Waals surface area (Å²) in [4.78, 5) is 0. The highest BCUT2D eigenvalue weighted by atomic mass is 16.3. The van der Waals surface area contributed by atoms with Crippen LogP contribution in [0.25, 0.3) is 0 Å². The van der Waals surface area contributed by atoms with E-state index in [0.717, 1.165) is 11.8 Å². The van der Waals surface area contributed by atoms with Crippen LogP contribution in [0.15, 0.2) is 12.1 Å². The van der Waals surface area contributed by atoms with Crippen molar-refractivity contribution < 1.29 is 5.11 Å². The number of phenols is 1. The molecule has 2 aliphatic rings. The van der Waals surface area contributed by atoms with Crippen LogP contribution in [0.4, 0.5) is 0 Å². The van der Waals surface area contributed by atoms with E-state index in [1.54, 1.807) is 5.56 Å². The Morgan fingerprint density at radius 2 is 2.14 bits per heavy atom. The van der Waals surface area contributed by atoms with Gasteiger partial charge in [-0.15, -0.1) is 0 Å². The van der Waals surface area contributed by atoms with Gasteiger partial charge in [0.1, 0.15) is 5.75 Å². The molecule has 0 aromatic heterocycles. The molecule has 1 aromatic carbocycles. The van der Waals surface area contributed by atoms with Crippen LogP contribution in [-0.2, 0) is 6.42 Å². The normalized spacial score (nSPS) is 27.6. The van der Waals surface area contributed by atoms with E-state index in [-0.39, 0.29) is 0 Å². The molecule has 0 unspecified atom stereocenters. The minimum Gasteiger partial charge on any atom is -0.508 e. The zero-order chi connectivity index (χ0) is 9.87. The second-order valence-electron chi connectivity index (χ2n) is 5.07. The van der Waals surface area contributed by atoms with E-state index in [2.05, 4.69) is 13.8 Å². The van der Waals surface area contributed by atoms with Gasteiger partial charge in [0.05, 0.1) is 0 Å². The lowest BCUT2D eigenvalue weighted by Crippen LogP contribution is -1.96. The minimum atomic E-state index is 0.453. The number of aromatic hydroxyl groups is 1. The molecule has 2 atom stereocenters. The van der Waals surface area contributed by atoms with Gasteiger partial charge in [-0.25, -0.2) is 0 Å². The summed E-state index contributed by atoms with van der Waals surface area (Å²) in [5.41, 5.74) is 4.36. The van der Waals surface area contributed by atoms with Crippen molar-refractivity contribution in [3.05, 3.63) is 28.8 Å². The Balaban J connectivity index is 2.19. The summed E-state index contributed by atoms with van der Waals surface area (Å²) in [5, 5.41) is 9.63. The molecule has 0 heterocycles. The van der Waals surface area contributed by atoms with E-state index in [0.29, 0.717) is 11.7 Å². The fourth-order valence-corrected chi connectivity index (χ4v) is 2.93. The first-order valence-corrected chi connectivity index (χ1v) is 5.52. The molecule has 74 valence electrons. The van der Waals surface area contributed by atoms with Crippen molar-refractivity contribution in [2.24, 2.45) is 5.92 Å². The van der Waals surface area contributed by atoms with Gasteiger partial charge in [0.15, 0.2) is 0 Å². The first kappa shape index (κ1) is 8.34. The third kappa shape index (κ3) is 1.01. The smallest absolute Gasteiger partial charge is 0.116 e. The van der Waals surface area contributed by atoms with E-state index in [4.69, 9.17) is 0 Å². The zero-order valence-electron chi connectivity index (χ0n) is 8.75. The molecule has 1 N–H and O–H groups in total. The quantitative estimate of drug-likeness (QED) is 0.717. The van der Waals surface area contributed by atoms with Gasteiger partial charge in [0.25, 0.3) is 0 Å². The Bertz CT molecular complexity index is 392. The molecule has 0 radical (unpaired) electrons. The summed E-state index contributed by atoms with van der Waals surface area (Å²) in [6.45, 7) is 4.43. The van der Waals surface area contributed by atoms with Crippen LogP contribution in [0.2, 0.25) is 0 Å². The van der Waals surface area contributed by atoms with Crippen LogP contribution in [0.1, 0.15) is 48.8 Å². The molecule has 1 nitrogen and oxygen atoms in total. The second kappa shape index (κ2) is 2.53. The molecule has 0 aliphatic heterocycles. The fraction of sp³-hybridized carbons (Fsp3) is 0.538. The standard InChI is InChI=1S/C13H16O/c1-7(2)11-6-10(14)4-9-3-8-5-12(8)13(9)11/h4,6-8,12,14H,3,5H2,1-2H3/t8-,12+/m1/s1. The van der Waals surface area contributed by atoms with Gasteiger partial charge in [-0.05, 0) is 59.4 Å². The van der Waals surface area contributed by atoms with Crippen LogP contribution in [0.5, 0.6) is 5.75 Å². The lowest BCUT2D eigenvalue weighted by atomic mass is 9.92. The van der Waals surface area contributed by atoms with Gasteiger partial charge in [-0.3, -0.25) is 0 Å². The maximum absolute atomic E-state index is 9.63. The van der Waals surface area contributed by atoms with Crippen LogP contribution in [-0.4, -0.2) is 5.11 Å². The van der Waals surface area contributed by atoms with Crippen molar-refractivity contribution in [2.45, 2.75) is 38.5 Å². The van der Waals surface area contributed by atoms with Gasteiger partial charge in [0.2, 0.25) is 0 Å². The van der Waals surface area contributed by atoms with E-state index >= 15 is 0 Å². The molecule has 0 spiro atoms. The van der Waals surface area contributed by atoms with Gasteiger partial charge in [-0.2, -0.15) is 0 Å². The van der Waals surface area contributed by atoms with Gasteiger partial charge >= 0.3 is 0 Å². The van der Waals surface area contributed by atoms with Crippen LogP contribution in [0.3, 0.4) is 0 Å². The summed E-state index contributed by atoms with van der Waals surface area (Å²) in [7, 11) is 0. The summed E-state index contributed by atoms with van der Waals surface area (Å²) in [6, 6.07) is 3.93. The highest BCUT2D eigenvalue weighted by Gasteiger charge is 2.46. The van der Waals surface area contributed by atoms with Crippen molar-refractivity contribution >= 4 is 0 Å². The number of fused-ring (bicyclic) bond motifs is 3. The first-order valence-electron chi connectivity index (χ1n) is 5.52. The van der Waals surface area contributed by atoms with Crippen molar-refractivity contribution in [3.63, 3.8) is 0 Å². The number of rotatable bonds is 1. The summed E-state index contributed by atoms with van der Waals surface area (Å²) < 4.78 is 0. The molecule has 0 bridgehead atoms. The SMILES string of the molecule is CC(C)c1cc(O)cc2c1[C@H]1C[C@H]1C2. The highest BCUT2D eigenvalue weighted by Crippen LogP contribution is 2.58. The largest absolute Gasteiger partial charge is 0.508 e. The van der Waals surface area contributed by atoms with Gasteiger partial charge in [-0.1, -0.05) is 13.8 Å². The third-order valence-electron chi connectivity index (χ3n) is 3.68. The number of hydrogen-bond donors (Lipinski definition) is 1. The molecule has 1 aromatic rings. The fourth-order valence-electron chi connectivity index (χ4n) is 2.93. The van der Waals surface area contributed by atoms with Crippen molar-refractivity contribution in [1.82, 2.24) is 0 Å². The van der Waals surface area contributed by atoms with Crippen LogP contribution >= 0.6 is 0 Å². The average molecular weight is 188 g/mol. The Morgan fingerprint density at radius 3 is 2.86 bits per heavy atom. The highest BCUT2D eigenvalue weighted by molar-refractivity contribution is 5.51. The zero-order valence-corrected chi connectivity index (χ0v) is 8.75. The molecular formula is C13H16O. The molecule has 0 amide bonds. The second-order valence-corrected chi connectivity index (χ2v) is 5.07. The maximum Gasteiger partial charge on any atom is 0.116 e. The Hall–Kier alpha value is -0.980. The van der Waals surface area contributed by atoms with Crippen LogP contribution in [0, 0.1) is 5.92 Å². The first-order chi connectivity index (χ1) is 6.66.